The van der Waals surface area contributed by atoms with E-state index >= 15 is 0 Å². The first kappa shape index (κ1) is 14.4. The molecule has 0 aromatic heterocycles. The highest BCUT2D eigenvalue weighted by Gasteiger charge is 2.38. The van der Waals surface area contributed by atoms with Gasteiger partial charge >= 0.3 is 6.03 Å². The summed E-state index contributed by atoms with van der Waals surface area (Å²) in [6.45, 7) is 7.71. The molecule has 3 amide bonds. The van der Waals surface area contributed by atoms with E-state index in [1.807, 2.05) is 39.8 Å². The van der Waals surface area contributed by atoms with Gasteiger partial charge in [-0.2, -0.15) is 0 Å². The zero-order valence-electron chi connectivity index (χ0n) is 12.3. The Morgan fingerprint density at radius 1 is 1.40 bits per heavy atom. The zero-order chi connectivity index (χ0) is 14.9. The van der Waals surface area contributed by atoms with Gasteiger partial charge in [0.05, 0.1) is 5.41 Å². The maximum atomic E-state index is 11.9. The van der Waals surface area contributed by atoms with E-state index < -0.39 is 5.41 Å². The Balaban J connectivity index is 2.15. The fraction of sp³-hybridized carbons (Fsp3) is 0.467. The Hall–Kier alpha value is -2.04. The first-order valence-electron chi connectivity index (χ1n) is 6.88. The topological polar surface area (TPSA) is 70.2 Å². The average Bonchev–Trinajstić information content (AvgIpc) is 2.60. The van der Waals surface area contributed by atoms with Crippen LogP contribution in [0.2, 0.25) is 0 Å². The lowest BCUT2D eigenvalue weighted by Gasteiger charge is -2.17. The number of nitrogens with one attached hydrogen (secondary N) is 3. The third kappa shape index (κ3) is 2.61. The molecule has 108 valence electrons. The highest BCUT2D eigenvalue weighted by molar-refractivity contribution is 6.06. The Morgan fingerprint density at radius 3 is 2.75 bits per heavy atom. The molecular formula is C15H21N3O2. The monoisotopic (exact) mass is 275 g/mol. The quantitative estimate of drug-likeness (QED) is 0.794. The lowest BCUT2D eigenvalue weighted by molar-refractivity contribution is -0.119. The summed E-state index contributed by atoms with van der Waals surface area (Å²) in [5.41, 5.74) is 1.84. The first-order chi connectivity index (χ1) is 9.34. The third-order valence-electron chi connectivity index (χ3n) is 3.76. The second-order valence-corrected chi connectivity index (χ2v) is 5.75. The molecule has 1 aliphatic heterocycles. The van der Waals surface area contributed by atoms with Crippen LogP contribution in [0.5, 0.6) is 0 Å². The number of anilines is 2. The second kappa shape index (κ2) is 5.15. The summed E-state index contributed by atoms with van der Waals surface area (Å²) in [6, 6.07) is 5.36. The fourth-order valence-corrected chi connectivity index (χ4v) is 2.14. The van der Waals surface area contributed by atoms with Gasteiger partial charge in [0.25, 0.3) is 0 Å². The van der Waals surface area contributed by atoms with Crippen LogP contribution in [0.15, 0.2) is 18.2 Å². The van der Waals surface area contributed by atoms with Crippen molar-refractivity contribution in [2.45, 2.75) is 45.6 Å². The molecule has 3 N–H and O–H groups in total. The number of benzene rings is 1. The molecule has 1 aliphatic rings. The van der Waals surface area contributed by atoms with Crippen molar-refractivity contribution >= 4 is 23.3 Å². The smallest absolute Gasteiger partial charge is 0.319 e. The SMILES string of the molecule is CCC(C)NC(=O)Nc1ccc2c(c1)C(C)(C)C(=O)N2. The van der Waals surface area contributed by atoms with Gasteiger partial charge in [-0.05, 0) is 51.0 Å². The molecule has 1 heterocycles. The molecule has 1 atom stereocenters. The van der Waals surface area contributed by atoms with Crippen molar-refractivity contribution in [3.05, 3.63) is 23.8 Å². The van der Waals surface area contributed by atoms with Crippen LogP contribution in [0.1, 0.15) is 39.7 Å². The van der Waals surface area contributed by atoms with E-state index in [9.17, 15) is 9.59 Å². The molecule has 0 fully saturated rings. The summed E-state index contributed by atoms with van der Waals surface area (Å²) < 4.78 is 0. The average molecular weight is 275 g/mol. The van der Waals surface area contributed by atoms with E-state index in [-0.39, 0.29) is 18.0 Å². The van der Waals surface area contributed by atoms with Gasteiger partial charge in [-0.25, -0.2) is 4.79 Å². The van der Waals surface area contributed by atoms with Crippen molar-refractivity contribution in [3.8, 4) is 0 Å². The van der Waals surface area contributed by atoms with Crippen LogP contribution in [-0.2, 0) is 10.2 Å². The largest absolute Gasteiger partial charge is 0.335 e. The van der Waals surface area contributed by atoms with Gasteiger partial charge in [-0.15, -0.1) is 0 Å². The van der Waals surface area contributed by atoms with Gasteiger partial charge in [-0.3, -0.25) is 4.79 Å². The molecule has 0 aliphatic carbocycles. The van der Waals surface area contributed by atoms with Crippen molar-refractivity contribution in [2.24, 2.45) is 0 Å². The summed E-state index contributed by atoms with van der Waals surface area (Å²) in [5, 5.41) is 8.49. The van der Waals surface area contributed by atoms with Gasteiger partial charge in [0.15, 0.2) is 0 Å². The maximum absolute atomic E-state index is 11.9. The van der Waals surface area contributed by atoms with Crippen molar-refractivity contribution < 1.29 is 9.59 Å². The lowest BCUT2D eigenvalue weighted by Crippen LogP contribution is -2.35. The van der Waals surface area contributed by atoms with E-state index in [1.54, 1.807) is 6.07 Å². The summed E-state index contributed by atoms with van der Waals surface area (Å²) in [7, 11) is 0. The summed E-state index contributed by atoms with van der Waals surface area (Å²) in [6.07, 6.45) is 0.878. The van der Waals surface area contributed by atoms with Crippen molar-refractivity contribution in [1.82, 2.24) is 5.32 Å². The van der Waals surface area contributed by atoms with Crippen LogP contribution in [0.3, 0.4) is 0 Å². The molecule has 1 unspecified atom stereocenters. The zero-order valence-corrected chi connectivity index (χ0v) is 12.3. The Kier molecular flexibility index (Phi) is 3.70. The van der Waals surface area contributed by atoms with E-state index in [1.165, 1.54) is 0 Å². The number of carbonyl (C=O) groups is 2. The Bertz CT molecular complexity index is 552. The molecule has 0 spiro atoms. The molecule has 0 saturated carbocycles. The summed E-state index contributed by atoms with van der Waals surface area (Å²) >= 11 is 0. The van der Waals surface area contributed by atoms with Crippen LogP contribution in [0, 0.1) is 0 Å². The molecule has 1 aromatic rings. The third-order valence-corrected chi connectivity index (χ3v) is 3.76. The highest BCUT2D eigenvalue weighted by atomic mass is 16.2. The van der Waals surface area contributed by atoms with Crippen LogP contribution in [0.4, 0.5) is 16.2 Å². The predicted octanol–water partition coefficient (Wildman–Crippen LogP) is 2.84. The van der Waals surface area contributed by atoms with E-state index in [4.69, 9.17) is 0 Å². The van der Waals surface area contributed by atoms with Gasteiger partial charge in [0.1, 0.15) is 0 Å². The van der Waals surface area contributed by atoms with Gasteiger partial charge in [0, 0.05) is 17.4 Å². The minimum absolute atomic E-state index is 0.0197. The van der Waals surface area contributed by atoms with Crippen LogP contribution >= 0.6 is 0 Å². The molecule has 0 radical (unpaired) electrons. The van der Waals surface area contributed by atoms with E-state index in [2.05, 4.69) is 16.0 Å². The van der Waals surface area contributed by atoms with Crippen molar-refractivity contribution in [2.75, 3.05) is 10.6 Å². The number of carbonyl (C=O) groups excluding carboxylic acids is 2. The van der Waals surface area contributed by atoms with Crippen molar-refractivity contribution in [3.63, 3.8) is 0 Å². The lowest BCUT2D eigenvalue weighted by atomic mass is 9.86. The Morgan fingerprint density at radius 2 is 2.10 bits per heavy atom. The number of urea groups is 1. The second-order valence-electron chi connectivity index (χ2n) is 5.75. The minimum atomic E-state index is -0.569. The van der Waals surface area contributed by atoms with E-state index in [0.717, 1.165) is 17.7 Å². The highest BCUT2D eigenvalue weighted by Crippen LogP contribution is 2.38. The number of rotatable bonds is 3. The number of hydrogen-bond donors (Lipinski definition) is 3. The molecule has 2 rings (SSSR count). The molecule has 0 saturated heterocycles. The molecule has 1 aromatic carbocycles. The number of amides is 3. The summed E-state index contributed by atoms with van der Waals surface area (Å²) in [5.74, 6) is -0.0197. The standard InChI is InChI=1S/C15H21N3O2/c1-5-9(2)16-14(20)17-10-6-7-12-11(8-10)15(3,4)13(19)18-12/h6-9H,5H2,1-4H3,(H,18,19)(H2,16,17,20). The van der Waals surface area contributed by atoms with E-state index in [0.29, 0.717) is 5.69 Å². The molecule has 5 nitrogen and oxygen atoms in total. The minimum Gasteiger partial charge on any atom is -0.335 e. The van der Waals surface area contributed by atoms with Crippen LogP contribution < -0.4 is 16.0 Å². The van der Waals surface area contributed by atoms with Gasteiger partial charge < -0.3 is 16.0 Å². The van der Waals surface area contributed by atoms with Crippen molar-refractivity contribution in [1.29, 1.82) is 0 Å². The molecule has 0 bridgehead atoms. The molecule has 20 heavy (non-hydrogen) atoms. The normalized spacial score (nSPS) is 17.1. The molecule has 5 heteroatoms. The van der Waals surface area contributed by atoms with Gasteiger partial charge in [0.2, 0.25) is 5.91 Å². The van der Waals surface area contributed by atoms with Gasteiger partial charge in [-0.1, -0.05) is 6.92 Å². The fourth-order valence-electron chi connectivity index (χ4n) is 2.14. The maximum Gasteiger partial charge on any atom is 0.319 e. The summed E-state index contributed by atoms with van der Waals surface area (Å²) in [4.78, 5) is 23.7. The first-order valence-corrected chi connectivity index (χ1v) is 6.88. The van der Waals surface area contributed by atoms with Crippen LogP contribution in [-0.4, -0.2) is 18.0 Å². The number of hydrogen-bond acceptors (Lipinski definition) is 2. The van der Waals surface area contributed by atoms with Crippen LogP contribution in [0.25, 0.3) is 0 Å². The molecular weight excluding hydrogens is 254 g/mol. The predicted molar refractivity (Wildman–Crippen MR) is 80.0 cm³/mol. The number of fused-ring (bicyclic) bond motifs is 1. The Labute approximate surface area is 119 Å².